The van der Waals surface area contributed by atoms with Gasteiger partial charge in [0.05, 0.1) is 25.7 Å². The lowest BCUT2D eigenvalue weighted by molar-refractivity contribution is -0.918. The minimum absolute atomic E-state index is 0.752. The van der Waals surface area contributed by atoms with Gasteiger partial charge in [-0.3, -0.25) is 0 Å². The van der Waals surface area contributed by atoms with Crippen LogP contribution in [0.5, 0.6) is 0 Å². The number of aldehydes is 1. The van der Waals surface area contributed by atoms with Gasteiger partial charge in [-0.05, 0) is 32.1 Å². The maximum atomic E-state index is 10.2. The molecular formula is C18H39N3O4S. The first-order chi connectivity index (χ1) is 12.4. The molecule has 0 bridgehead atoms. The molecule has 0 saturated carbocycles. The largest absolute Gasteiger partial charge is 0.356 e. The van der Waals surface area contributed by atoms with E-state index >= 15 is 0 Å². The first-order valence-electron chi connectivity index (χ1n) is 9.85. The summed E-state index contributed by atoms with van der Waals surface area (Å²) in [6.45, 7) is 1.15. The van der Waals surface area contributed by atoms with E-state index in [4.69, 9.17) is 15.3 Å². The van der Waals surface area contributed by atoms with Gasteiger partial charge in [0.2, 0.25) is 0 Å². The normalized spacial score (nSPS) is 10.9. The van der Waals surface area contributed by atoms with E-state index in [0.717, 1.165) is 30.3 Å². The molecule has 0 aromatic carbocycles. The van der Waals surface area contributed by atoms with Crippen molar-refractivity contribution in [1.82, 2.24) is 4.83 Å². The second-order valence-electron chi connectivity index (χ2n) is 7.28. The second kappa shape index (κ2) is 20.5. The second-order valence-corrected chi connectivity index (χ2v) is 7.48. The van der Waals surface area contributed by atoms with Gasteiger partial charge in [0.1, 0.15) is 6.29 Å². The first kappa shape index (κ1) is 27.4. The molecule has 0 heterocycles. The molecule has 0 atom stereocenters. The molecule has 26 heavy (non-hydrogen) atoms. The zero-order valence-electron chi connectivity index (χ0n) is 16.7. The Morgan fingerprint density at radius 3 is 1.42 bits per heavy atom. The molecule has 0 spiro atoms. The number of nitrogens with one attached hydrogen (secondary N) is 1. The maximum Gasteiger partial charge on any atom is 0.119 e. The number of hydrogen-bond acceptors (Lipinski definition) is 6. The summed E-state index contributed by atoms with van der Waals surface area (Å²) in [5.41, 5.74) is 0. The zero-order valence-corrected chi connectivity index (χ0v) is 17.6. The highest BCUT2D eigenvalue weighted by Gasteiger charge is 2.10. The van der Waals surface area contributed by atoms with Gasteiger partial charge in [-0.25, -0.2) is 4.59 Å². The van der Waals surface area contributed by atoms with Gasteiger partial charge >= 0.3 is 0 Å². The zero-order chi connectivity index (χ0) is 20.1. The van der Waals surface area contributed by atoms with Gasteiger partial charge in [-0.15, -0.1) is 4.83 Å². The molecule has 1 N–H and O–H groups in total. The smallest absolute Gasteiger partial charge is 0.119 e. The number of carbonyl (C=O) groups is 1. The van der Waals surface area contributed by atoms with Gasteiger partial charge in [0.25, 0.3) is 0 Å². The summed E-state index contributed by atoms with van der Waals surface area (Å²) in [6, 6.07) is 0. The van der Waals surface area contributed by atoms with E-state index in [9.17, 15) is 4.79 Å². The van der Waals surface area contributed by atoms with Crippen LogP contribution >= 0.6 is 12.8 Å². The van der Waals surface area contributed by atoms with Crippen molar-refractivity contribution in [3.05, 3.63) is 15.3 Å². The van der Waals surface area contributed by atoms with E-state index in [1.165, 1.54) is 77.0 Å². The third kappa shape index (κ3) is 28.0. The van der Waals surface area contributed by atoms with Crippen molar-refractivity contribution in [2.45, 2.75) is 89.9 Å². The lowest BCUT2D eigenvalue weighted by atomic mass is 10.0. The average Bonchev–Trinajstić information content (AvgIpc) is 2.58. The molecule has 8 heteroatoms. The molecule has 0 rings (SSSR count). The SMILES string of the molecule is C[N+](C)(CCCCCCCCCCCCCCCC=O)NS.O=[N+]([O-])[O-]. The molecule has 0 radical (unpaired) electrons. The first-order valence-corrected chi connectivity index (χ1v) is 10.3. The average molecular weight is 394 g/mol. The molecule has 0 fully saturated rings. The summed E-state index contributed by atoms with van der Waals surface area (Å²) in [7, 11) is 4.30. The van der Waals surface area contributed by atoms with Gasteiger partial charge in [-0.2, -0.15) is 0 Å². The summed E-state index contributed by atoms with van der Waals surface area (Å²) < 4.78 is 0.790. The predicted octanol–water partition coefficient (Wildman–Crippen LogP) is 4.83. The molecule has 0 aliphatic rings. The molecule has 7 nitrogen and oxygen atoms in total. The predicted molar refractivity (Wildman–Crippen MR) is 110 cm³/mol. The fourth-order valence-corrected chi connectivity index (χ4v) is 2.83. The quantitative estimate of drug-likeness (QED) is 0.0921. The van der Waals surface area contributed by atoms with Crippen molar-refractivity contribution in [3.63, 3.8) is 0 Å². The van der Waals surface area contributed by atoms with E-state index in [1.54, 1.807) is 0 Å². The van der Waals surface area contributed by atoms with Crippen molar-refractivity contribution in [2.24, 2.45) is 0 Å². The van der Waals surface area contributed by atoms with E-state index in [1.807, 2.05) is 0 Å². The van der Waals surface area contributed by atoms with Crippen LogP contribution in [0, 0.1) is 15.3 Å². The molecule has 0 unspecified atom stereocenters. The number of rotatable bonds is 17. The van der Waals surface area contributed by atoms with Gasteiger partial charge < -0.3 is 20.1 Å². The van der Waals surface area contributed by atoms with E-state index in [-0.39, 0.29) is 0 Å². The molecular weight excluding hydrogens is 354 g/mol. The molecule has 0 amide bonds. The highest BCUT2D eigenvalue weighted by Crippen LogP contribution is 2.13. The van der Waals surface area contributed by atoms with Crippen LogP contribution in [0.4, 0.5) is 0 Å². The summed E-state index contributed by atoms with van der Waals surface area (Å²) >= 11 is 4.14. The van der Waals surface area contributed by atoms with Gasteiger partial charge in [0, 0.05) is 6.42 Å². The molecule has 156 valence electrons. The summed E-state index contributed by atoms with van der Waals surface area (Å²) in [6.07, 6.45) is 19.2. The lowest BCUT2D eigenvalue weighted by Gasteiger charge is -2.26. The lowest BCUT2D eigenvalue weighted by Crippen LogP contribution is -2.47. The third-order valence-electron chi connectivity index (χ3n) is 4.31. The van der Waals surface area contributed by atoms with Gasteiger partial charge in [0.15, 0.2) is 0 Å². The molecule has 0 aliphatic heterocycles. The van der Waals surface area contributed by atoms with E-state index < -0.39 is 5.09 Å². The minimum Gasteiger partial charge on any atom is -0.356 e. The Kier molecular flexibility index (Phi) is 21.5. The van der Waals surface area contributed by atoms with Crippen LogP contribution in [0.15, 0.2) is 0 Å². The van der Waals surface area contributed by atoms with Crippen LogP contribution in [0.1, 0.15) is 89.9 Å². The molecule has 0 aliphatic carbocycles. The maximum absolute atomic E-state index is 10.2. The van der Waals surface area contributed by atoms with Crippen molar-refractivity contribution < 1.29 is 14.5 Å². The number of quaternary nitrogens is 1. The Bertz CT molecular complexity index is 328. The van der Waals surface area contributed by atoms with Crippen LogP contribution in [-0.2, 0) is 4.79 Å². The third-order valence-corrected chi connectivity index (χ3v) is 4.85. The fraction of sp³-hybridized carbons (Fsp3) is 0.944. The number of nitrogens with zero attached hydrogens (tertiary/aromatic N) is 2. The van der Waals surface area contributed by atoms with Crippen LogP contribution < -0.4 is 4.83 Å². The van der Waals surface area contributed by atoms with Gasteiger partial charge in [-0.1, -0.05) is 64.2 Å². The standard InChI is InChI=1S/C18H39N2OS.NO3/c1-20(2,19-22)17-15-13-11-9-7-5-3-4-6-8-10-12-14-16-18-21;2-1(3)4/h18-19,22H,3-17H2,1-2H3;/q+1;-1. The Morgan fingerprint density at radius 2 is 1.12 bits per heavy atom. The van der Waals surface area contributed by atoms with Crippen molar-refractivity contribution >= 4 is 19.1 Å². The van der Waals surface area contributed by atoms with Crippen molar-refractivity contribution in [3.8, 4) is 0 Å². The molecule has 0 saturated heterocycles. The highest BCUT2D eigenvalue weighted by atomic mass is 32.1. The highest BCUT2D eigenvalue weighted by molar-refractivity contribution is 7.77. The monoisotopic (exact) mass is 393 g/mol. The Morgan fingerprint density at radius 1 is 0.808 bits per heavy atom. The van der Waals surface area contributed by atoms with Crippen molar-refractivity contribution in [1.29, 1.82) is 0 Å². The van der Waals surface area contributed by atoms with Crippen LogP contribution in [0.2, 0.25) is 0 Å². The van der Waals surface area contributed by atoms with E-state index in [0.29, 0.717) is 0 Å². The topological polar surface area (TPSA) is 95.3 Å². The number of hydrogen-bond donors (Lipinski definition) is 2. The minimum atomic E-state index is -1.75. The van der Waals surface area contributed by atoms with E-state index in [2.05, 4.69) is 31.7 Å². The summed E-state index contributed by atoms with van der Waals surface area (Å²) in [5.74, 6) is 0. The number of thiol groups is 1. The van der Waals surface area contributed by atoms with Crippen LogP contribution in [0.3, 0.4) is 0 Å². The Balaban J connectivity index is 0. The Labute approximate surface area is 164 Å². The summed E-state index contributed by atoms with van der Waals surface area (Å²) in [4.78, 5) is 21.4. The molecule has 0 aromatic rings. The van der Waals surface area contributed by atoms with Crippen molar-refractivity contribution in [2.75, 3.05) is 20.6 Å². The fourth-order valence-electron chi connectivity index (χ4n) is 2.73. The van der Waals surface area contributed by atoms with Crippen LogP contribution in [-0.4, -0.2) is 36.6 Å². The molecule has 0 aromatic heterocycles. The summed E-state index contributed by atoms with van der Waals surface area (Å²) in [5, 5.41) is 14.8. The number of unbranched alkanes of at least 4 members (excludes halogenated alkanes) is 13. The Hall–Kier alpha value is -0.860. The van der Waals surface area contributed by atoms with Crippen LogP contribution in [0.25, 0.3) is 0 Å². The number of carbonyl (C=O) groups excluding carboxylic acids is 1.